The lowest BCUT2D eigenvalue weighted by Gasteiger charge is -2.45. The molecule has 2 aromatic carbocycles. The molecule has 2 aliphatic rings. The van der Waals surface area contributed by atoms with Gasteiger partial charge in [-0.15, -0.1) is 0 Å². The lowest BCUT2D eigenvalue weighted by Crippen LogP contribution is -2.46. The van der Waals surface area contributed by atoms with E-state index in [1.807, 2.05) is 0 Å². The number of rotatable bonds is 0. The first-order valence-electron chi connectivity index (χ1n) is 7.00. The van der Waals surface area contributed by atoms with Crippen molar-refractivity contribution >= 4 is 27.3 Å². The second-order valence-electron chi connectivity index (χ2n) is 5.92. The van der Waals surface area contributed by atoms with Crippen LogP contribution in [0.25, 0.3) is 0 Å². The van der Waals surface area contributed by atoms with E-state index in [4.69, 9.17) is 0 Å². The highest BCUT2D eigenvalue weighted by atomic mass is 79.9. The molecule has 0 spiro atoms. The first kappa shape index (κ1) is 12.3. The van der Waals surface area contributed by atoms with Gasteiger partial charge in [0.25, 0.3) is 0 Å². The first-order chi connectivity index (χ1) is 9.61. The zero-order chi connectivity index (χ0) is 13.9. The van der Waals surface area contributed by atoms with Crippen LogP contribution in [-0.2, 0) is 13.1 Å². The van der Waals surface area contributed by atoms with E-state index in [1.54, 1.807) is 0 Å². The summed E-state index contributed by atoms with van der Waals surface area (Å²) in [6, 6.07) is 11.4. The summed E-state index contributed by atoms with van der Waals surface area (Å²) in [6.45, 7) is 7.33. The Bertz CT molecular complexity index is 708. The van der Waals surface area contributed by atoms with Crippen LogP contribution in [0.4, 0.5) is 11.4 Å². The molecule has 0 saturated heterocycles. The van der Waals surface area contributed by atoms with Gasteiger partial charge in [-0.25, -0.2) is 0 Å². The molecule has 2 bridgehead atoms. The fourth-order valence-corrected chi connectivity index (χ4v) is 4.33. The minimum absolute atomic E-state index is 0.991. The molecular weight excluding hydrogens is 312 g/mol. The molecule has 4 rings (SSSR count). The molecule has 2 aliphatic heterocycles. The van der Waals surface area contributed by atoms with E-state index in [9.17, 15) is 0 Å². The Morgan fingerprint density at radius 2 is 1.65 bits per heavy atom. The third-order valence-electron chi connectivity index (χ3n) is 4.24. The van der Waals surface area contributed by atoms with E-state index >= 15 is 0 Å². The van der Waals surface area contributed by atoms with Crippen molar-refractivity contribution in [2.24, 2.45) is 0 Å². The van der Waals surface area contributed by atoms with Gasteiger partial charge < -0.3 is 9.80 Å². The zero-order valence-corrected chi connectivity index (χ0v) is 13.4. The summed E-state index contributed by atoms with van der Waals surface area (Å²) in [6.07, 6.45) is 0. The number of benzene rings is 2. The molecule has 0 amide bonds. The first-order valence-corrected chi connectivity index (χ1v) is 7.79. The molecular formula is C17H17BrN2. The van der Waals surface area contributed by atoms with E-state index in [0.717, 1.165) is 19.8 Å². The Morgan fingerprint density at radius 3 is 2.50 bits per heavy atom. The van der Waals surface area contributed by atoms with Gasteiger partial charge in [-0.1, -0.05) is 23.8 Å². The molecule has 0 unspecified atom stereocenters. The highest BCUT2D eigenvalue weighted by Gasteiger charge is 2.30. The van der Waals surface area contributed by atoms with Crippen molar-refractivity contribution in [2.45, 2.75) is 26.9 Å². The van der Waals surface area contributed by atoms with Crippen LogP contribution in [0.2, 0.25) is 0 Å². The number of hydrogen-bond acceptors (Lipinski definition) is 2. The van der Waals surface area contributed by atoms with E-state index in [0.29, 0.717) is 0 Å². The molecule has 3 heteroatoms. The predicted molar refractivity (Wildman–Crippen MR) is 87.3 cm³/mol. The summed E-state index contributed by atoms with van der Waals surface area (Å²) in [7, 11) is 0. The van der Waals surface area contributed by atoms with Crippen LogP contribution < -0.4 is 9.80 Å². The molecule has 0 atom stereocenters. The van der Waals surface area contributed by atoms with Gasteiger partial charge >= 0.3 is 0 Å². The number of fused-ring (bicyclic) bond motifs is 6. The Labute approximate surface area is 128 Å². The van der Waals surface area contributed by atoms with Crippen LogP contribution in [0.15, 0.2) is 34.8 Å². The summed E-state index contributed by atoms with van der Waals surface area (Å²) in [5, 5.41) is 0. The SMILES string of the molecule is Cc1ccc2c(c1)CN1CN2Cc2cc(C)cc(Br)c21. The number of halogens is 1. The summed E-state index contributed by atoms with van der Waals surface area (Å²) in [5.74, 6) is 0. The number of nitrogens with zero attached hydrogens (tertiary/aromatic N) is 2. The Hall–Kier alpha value is -1.48. The minimum atomic E-state index is 0.991. The van der Waals surface area contributed by atoms with Crippen LogP contribution >= 0.6 is 15.9 Å². The zero-order valence-electron chi connectivity index (χ0n) is 11.8. The second kappa shape index (κ2) is 4.26. The molecule has 0 saturated carbocycles. The fourth-order valence-electron chi connectivity index (χ4n) is 3.46. The summed E-state index contributed by atoms with van der Waals surface area (Å²) < 4.78 is 1.23. The van der Waals surface area contributed by atoms with Crippen LogP contribution in [0.5, 0.6) is 0 Å². The average Bonchev–Trinajstić information content (AvgIpc) is 2.36. The molecule has 0 aliphatic carbocycles. The van der Waals surface area contributed by atoms with E-state index in [2.05, 4.69) is 69.9 Å². The van der Waals surface area contributed by atoms with Crippen LogP contribution in [0.3, 0.4) is 0 Å². The van der Waals surface area contributed by atoms with Crippen molar-refractivity contribution in [2.75, 3.05) is 16.5 Å². The van der Waals surface area contributed by atoms with Gasteiger partial charge in [0, 0.05) is 23.2 Å². The van der Waals surface area contributed by atoms with E-state index in [-0.39, 0.29) is 0 Å². The Kier molecular flexibility index (Phi) is 2.61. The third-order valence-corrected chi connectivity index (χ3v) is 4.85. The lowest BCUT2D eigenvalue weighted by atomic mass is 9.99. The predicted octanol–water partition coefficient (Wildman–Crippen LogP) is 4.36. The standard InChI is InChI=1S/C17H17BrN2/c1-11-3-4-16-13(5-11)8-20-10-19(16)9-14-6-12(2)7-15(18)17(14)20/h3-7H,8-10H2,1-2H3. The topological polar surface area (TPSA) is 6.48 Å². The third kappa shape index (κ3) is 1.76. The van der Waals surface area contributed by atoms with Crippen molar-refractivity contribution in [1.29, 1.82) is 0 Å². The molecule has 20 heavy (non-hydrogen) atoms. The highest BCUT2D eigenvalue weighted by molar-refractivity contribution is 9.10. The Balaban J connectivity index is 1.86. The monoisotopic (exact) mass is 328 g/mol. The maximum absolute atomic E-state index is 3.75. The number of hydrogen-bond donors (Lipinski definition) is 0. The second-order valence-corrected chi connectivity index (χ2v) is 6.78. The molecule has 2 heterocycles. The summed E-state index contributed by atoms with van der Waals surface area (Å²) in [4.78, 5) is 4.95. The molecule has 102 valence electrons. The van der Waals surface area contributed by atoms with Gasteiger partial charge in [0.15, 0.2) is 0 Å². The molecule has 0 N–H and O–H groups in total. The minimum Gasteiger partial charge on any atom is -0.349 e. The Morgan fingerprint density at radius 1 is 0.900 bits per heavy atom. The quantitative estimate of drug-likeness (QED) is 0.708. The maximum atomic E-state index is 3.75. The van der Waals surface area contributed by atoms with E-state index < -0.39 is 0 Å². The number of aryl methyl sites for hydroxylation is 2. The van der Waals surface area contributed by atoms with Crippen molar-refractivity contribution in [3.63, 3.8) is 0 Å². The largest absolute Gasteiger partial charge is 0.349 e. The van der Waals surface area contributed by atoms with Gasteiger partial charge in [-0.2, -0.15) is 0 Å². The van der Waals surface area contributed by atoms with Crippen LogP contribution in [0, 0.1) is 13.8 Å². The smallest absolute Gasteiger partial charge is 0.0910 e. The van der Waals surface area contributed by atoms with Crippen LogP contribution in [-0.4, -0.2) is 6.67 Å². The maximum Gasteiger partial charge on any atom is 0.0910 e. The highest BCUT2D eigenvalue weighted by Crippen LogP contribution is 2.42. The van der Waals surface area contributed by atoms with Crippen molar-refractivity contribution < 1.29 is 0 Å². The van der Waals surface area contributed by atoms with Gasteiger partial charge in [-0.05, 0) is 58.6 Å². The molecule has 2 aromatic rings. The normalized spacial score (nSPS) is 15.9. The molecule has 0 radical (unpaired) electrons. The summed E-state index contributed by atoms with van der Waals surface area (Å²) >= 11 is 3.75. The average molecular weight is 329 g/mol. The van der Waals surface area contributed by atoms with Gasteiger partial charge in [0.2, 0.25) is 0 Å². The fraction of sp³-hybridized carbons (Fsp3) is 0.294. The van der Waals surface area contributed by atoms with Gasteiger partial charge in [0.1, 0.15) is 0 Å². The lowest BCUT2D eigenvalue weighted by molar-refractivity contribution is 0.648. The molecule has 0 fully saturated rings. The molecule has 0 aromatic heterocycles. The van der Waals surface area contributed by atoms with E-state index in [1.165, 1.54) is 38.1 Å². The van der Waals surface area contributed by atoms with Crippen molar-refractivity contribution in [3.05, 3.63) is 57.1 Å². The van der Waals surface area contributed by atoms with Crippen LogP contribution in [0.1, 0.15) is 22.3 Å². The van der Waals surface area contributed by atoms with Gasteiger partial charge in [0.05, 0.1) is 12.4 Å². The number of anilines is 2. The molecule has 2 nitrogen and oxygen atoms in total. The van der Waals surface area contributed by atoms with Crippen molar-refractivity contribution in [3.8, 4) is 0 Å². The summed E-state index contributed by atoms with van der Waals surface area (Å²) in [5.41, 5.74) is 8.30. The van der Waals surface area contributed by atoms with Gasteiger partial charge in [-0.3, -0.25) is 0 Å². The van der Waals surface area contributed by atoms with Crippen molar-refractivity contribution in [1.82, 2.24) is 0 Å².